The van der Waals surface area contributed by atoms with Gasteiger partial charge in [0.15, 0.2) is 0 Å². The number of allylic oxidation sites excluding steroid dienone is 2. The van der Waals surface area contributed by atoms with Crippen LogP contribution in [0.4, 0.5) is 0 Å². The molecule has 0 radical (unpaired) electrons. The first-order valence-corrected chi connectivity index (χ1v) is 11.6. The van der Waals surface area contributed by atoms with Crippen LogP contribution in [0.1, 0.15) is 92.9 Å². The average molecular weight is 379 g/mol. The van der Waals surface area contributed by atoms with E-state index in [1.165, 1.54) is 0 Å². The normalized spacial score (nSPS) is 16.1. The van der Waals surface area contributed by atoms with E-state index in [-0.39, 0.29) is 0 Å². The summed E-state index contributed by atoms with van der Waals surface area (Å²) in [6.45, 7) is 13.1. The van der Waals surface area contributed by atoms with Gasteiger partial charge in [0.2, 0.25) is 0 Å². The third kappa shape index (κ3) is 18.4. The van der Waals surface area contributed by atoms with E-state index in [1.807, 2.05) is 26.0 Å². The van der Waals surface area contributed by atoms with Crippen LogP contribution in [-0.4, -0.2) is 18.1 Å². The molecule has 0 saturated heterocycles. The van der Waals surface area contributed by atoms with Gasteiger partial charge in [0.25, 0.3) is 0 Å². The maximum atomic E-state index is 11.9. The molecule has 0 aromatic carbocycles. The smallest absolute Gasteiger partial charge is 0.302 e. The molecular weight excluding hydrogens is 335 g/mol. The van der Waals surface area contributed by atoms with Crippen LogP contribution in [0.15, 0.2) is 12.2 Å². The highest BCUT2D eigenvalue weighted by atomic mass is 31.2. The second kappa shape index (κ2) is 18.6. The van der Waals surface area contributed by atoms with Gasteiger partial charge in [0, 0.05) is 0 Å². The predicted molar refractivity (Wildman–Crippen MR) is 109 cm³/mol. The molecule has 2 atom stereocenters. The Hall–Kier alpha value is -0.150. The summed E-state index contributed by atoms with van der Waals surface area (Å²) < 4.78 is 22.2. The van der Waals surface area contributed by atoms with Gasteiger partial charge >= 0.3 is 7.82 Å². The molecule has 0 aliphatic rings. The fourth-order valence-corrected chi connectivity index (χ4v) is 3.11. The van der Waals surface area contributed by atoms with Crippen LogP contribution in [0.5, 0.6) is 0 Å². The molecule has 152 valence electrons. The molecule has 0 spiro atoms. The summed E-state index contributed by atoms with van der Waals surface area (Å²) in [4.78, 5) is 9.77. The molecule has 0 bridgehead atoms. The van der Waals surface area contributed by atoms with Gasteiger partial charge in [-0.3, -0.25) is 9.05 Å². The standard InChI is InChI=1S/C16H35O4P.C4H8/c1-5-9-11-15(7-3)13-19-21(17,18)20-14-16(8-4)12-10-6-2;1-3-4-2/h15-16H,5-14H2,1-4H3,(H,17,18);3-4H,1-2H3. The van der Waals surface area contributed by atoms with Crippen LogP contribution in [0, 0.1) is 11.8 Å². The summed E-state index contributed by atoms with van der Waals surface area (Å²) >= 11 is 0. The Morgan fingerprint density at radius 2 is 1.20 bits per heavy atom. The van der Waals surface area contributed by atoms with Crippen molar-refractivity contribution in [3.8, 4) is 0 Å². The van der Waals surface area contributed by atoms with Crippen LogP contribution < -0.4 is 0 Å². The van der Waals surface area contributed by atoms with Crippen molar-refractivity contribution < 1.29 is 18.5 Å². The monoisotopic (exact) mass is 378 g/mol. The lowest BCUT2D eigenvalue weighted by molar-refractivity contribution is 0.110. The van der Waals surface area contributed by atoms with E-state index >= 15 is 0 Å². The second-order valence-corrected chi connectivity index (χ2v) is 8.01. The Morgan fingerprint density at radius 1 is 0.840 bits per heavy atom. The molecule has 2 unspecified atom stereocenters. The second-order valence-electron chi connectivity index (χ2n) is 6.56. The number of hydrogen-bond acceptors (Lipinski definition) is 3. The maximum absolute atomic E-state index is 11.9. The summed E-state index contributed by atoms with van der Waals surface area (Å²) in [5, 5.41) is 0. The molecule has 0 aliphatic heterocycles. The zero-order valence-corrected chi connectivity index (χ0v) is 18.4. The molecule has 25 heavy (non-hydrogen) atoms. The summed E-state index contributed by atoms with van der Waals surface area (Å²) in [7, 11) is -3.89. The molecular formula is C20H43O4P. The Morgan fingerprint density at radius 3 is 1.44 bits per heavy atom. The SMILES string of the molecule is CC=CC.CCCCC(CC)COP(=O)(O)OCC(CC)CCCC. The number of unbranched alkanes of at least 4 members (excludes halogenated alkanes) is 2. The highest BCUT2D eigenvalue weighted by molar-refractivity contribution is 7.47. The van der Waals surface area contributed by atoms with E-state index in [9.17, 15) is 9.46 Å². The fourth-order valence-electron chi connectivity index (χ4n) is 2.23. The van der Waals surface area contributed by atoms with E-state index in [1.54, 1.807) is 0 Å². The lowest BCUT2D eigenvalue weighted by Gasteiger charge is -2.20. The van der Waals surface area contributed by atoms with E-state index in [0.717, 1.165) is 51.4 Å². The van der Waals surface area contributed by atoms with Crippen molar-refractivity contribution in [3.63, 3.8) is 0 Å². The van der Waals surface area contributed by atoms with Gasteiger partial charge in [0.05, 0.1) is 13.2 Å². The molecule has 0 aromatic rings. The van der Waals surface area contributed by atoms with Crippen molar-refractivity contribution in [1.29, 1.82) is 0 Å². The van der Waals surface area contributed by atoms with Gasteiger partial charge in [-0.15, -0.1) is 0 Å². The first-order chi connectivity index (χ1) is 11.9. The van der Waals surface area contributed by atoms with E-state index in [4.69, 9.17) is 9.05 Å². The third-order valence-corrected chi connectivity index (χ3v) is 5.32. The highest BCUT2D eigenvalue weighted by Gasteiger charge is 2.24. The van der Waals surface area contributed by atoms with Gasteiger partial charge in [-0.2, -0.15) is 0 Å². The van der Waals surface area contributed by atoms with Crippen molar-refractivity contribution in [2.45, 2.75) is 92.9 Å². The predicted octanol–water partition coefficient (Wildman–Crippen LogP) is 7.14. The minimum atomic E-state index is -3.89. The Kier molecular flexibility index (Phi) is 20.2. The van der Waals surface area contributed by atoms with Crippen LogP contribution >= 0.6 is 7.82 Å². The number of rotatable bonds is 14. The zero-order chi connectivity index (χ0) is 19.6. The molecule has 5 heteroatoms. The maximum Gasteiger partial charge on any atom is 0.472 e. The van der Waals surface area contributed by atoms with E-state index in [2.05, 4.69) is 27.7 Å². The largest absolute Gasteiger partial charge is 0.472 e. The first kappa shape index (κ1) is 27.1. The molecule has 0 heterocycles. The van der Waals surface area contributed by atoms with E-state index < -0.39 is 7.82 Å². The first-order valence-electron chi connectivity index (χ1n) is 10.1. The van der Waals surface area contributed by atoms with Crippen molar-refractivity contribution >= 4 is 7.82 Å². The Balaban J connectivity index is 0. The molecule has 0 rings (SSSR count). The summed E-state index contributed by atoms with van der Waals surface area (Å²) in [5.74, 6) is 0.687. The van der Waals surface area contributed by atoms with Crippen molar-refractivity contribution in [2.24, 2.45) is 11.8 Å². The summed E-state index contributed by atoms with van der Waals surface area (Å²) in [5.41, 5.74) is 0. The van der Waals surface area contributed by atoms with Crippen LogP contribution in [-0.2, 0) is 13.6 Å². The van der Waals surface area contributed by atoms with Crippen LogP contribution in [0.25, 0.3) is 0 Å². The Bertz CT molecular complexity index is 317. The van der Waals surface area contributed by atoms with Gasteiger partial charge in [-0.1, -0.05) is 78.4 Å². The molecule has 0 fully saturated rings. The van der Waals surface area contributed by atoms with Crippen LogP contribution in [0.3, 0.4) is 0 Å². The molecule has 0 saturated carbocycles. The summed E-state index contributed by atoms with van der Waals surface area (Å²) in [6.07, 6.45) is 12.6. The van der Waals surface area contributed by atoms with Crippen molar-refractivity contribution in [2.75, 3.05) is 13.2 Å². The minimum absolute atomic E-state index is 0.316. The zero-order valence-electron chi connectivity index (χ0n) is 17.5. The number of phosphoric ester groups is 1. The van der Waals surface area contributed by atoms with Crippen molar-refractivity contribution in [1.82, 2.24) is 0 Å². The Labute approximate surface area is 157 Å². The fraction of sp³-hybridized carbons (Fsp3) is 0.900. The molecule has 0 aliphatic carbocycles. The van der Waals surface area contributed by atoms with Gasteiger partial charge in [-0.25, -0.2) is 4.57 Å². The molecule has 0 amide bonds. The molecule has 4 nitrogen and oxygen atoms in total. The van der Waals surface area contributed by atoms with E-state index in [0.29, 0.717) is 25.0 Å². The topological polar surface area (TPSA) is 55.8 Å². The van der Waals surface area contributed by atoms with Crippen molar-refractivity contribution in [3.05, 3.63) is 12.2 Å². The lowest BCUT2D eigenvalue weighted by atomic mass is 10.0. The van der Waals surface area contributed by atoms with Gasteiger partial charge in [0.1, 0.15) is 0 Å². The summed E-state index contributed by atoms with van der Waals surface area (Å²) in [6, 6.07) is 0. The van der Waals surface area contributed by atoms with Gasteiger partial charge < -0.3 is 4.89 Å². The average Bonchev–Trinajstić information content (AvgIpc) is 2.62. The number of hydrogen-bond donors (Lipinski definition) is 1. The molecule has 0 aromatic heterocycles. The number of phosphoric acid groups is 1. The lowest BCUT2D eigenvalue weighted by Crippen LogP contribution is -2.12. The highest BCUT2D eigenvalue weighted by Crippen LogP contribution is 2.44. The molecule has 1 N–H and O–H groups in total. The minimum Gasteiger partial charge on any atom is -0.302 e. The van der Waals surface area contributed by atoms with Gasteiger partial charge in [-0.05, 0) is 38.5 Å². The van der Waals surface area contributed by atoms with Crippen LogP contribution in [0.2, 0.25) is 0 Å². The third-order valence-electron chi connectivity index (χ3n) is 4.37. The quantitative estimate of drug-likeness (QED) is 0.258.